The Bertz CT molecular complexity index is 689. The number of nitrogens with zero attached hydrogens (tertiary/aromatic N) is 4. The molecule has 0 unspecified atom stereocenters. The number of rotatable bonds is 5. The van der Waals surface area contributed by atoms with Gasteiger partial charge in [0.1, 0.15) is 0 Å². The zero-order valence-corrected chi connectivity index (χ0v) is 16.8. The predicted molar refractivity (Wildman–Crippen MR) is 101 cm³/mol. The molecule has 126 valence electrons. The molecule has 0 radical (unpaired) electrons. The summed E-state index contributed by atoms with van der Waals surface area (Å²) in [6, 6.07) is 4.23. The summed E-state index contributed by atoms with van der Waals surface area (Å²) in [5, 5.41) is 7.83. The predicted octanol–water partition coefficient (Wildman–Crippen LogP) is 3.46. The maximum Gasteiger partial charge on any atom is 0.194 e. The van der Waals surface area contributed by atoms with E-state index in [0.29, 0.717) is 6.54 Å². The van der Waals surface area contributed by atoms with Crippen molar-refractivity contribution < 1.29 is 0 Å². The van der Waals surface area contributed by atoms with Crippen LogP contribution in [0.25, 0.3) is 0 Å². The van der Waals surface area contributed by atoms with Gasteiger partial charge in [0.25, 0.3) is 0 Å². The van der Waals surface area contributed by atoms with Gasteiger partial charge in [-0.3, -0.25) is 4.68 Å². The average molecular weight is 398 g/mol. The topological polar surface area (TPSA) is 45.5 Å². The van der Waals surface area contributed by atoms with Crippen LogP contribution in [-0.2, 0) is 20.1 Å². The SMILES string of the molecule is CCNC(=NCc1c(C)nn(C)c1C)N(C)Cc1ccc(Br)s1. The largest absolute Gasteiger partial charge is 0.357 e. The molecule has 2 aromatic rings. The van der Waals surface area contributed by atoms with Crippen LogP contribution in [0.15, 0.2) is 20.9 Å². The number of halogens is 1. The van der Waals surface area contributed by atoms with Gasteiger partial charge in [0.2, 0.25) is 0 Å². The smallest absolute Gasteiger partial charge is 0.194 e. The summed E-state index contributed by atoms with van der Waals surface area (Å²) in [4.78, 5) is 8.25. The normalized spacial score (nSPS) is 11.8. The van der Waals surface area contributed by atoms with Crippen LogP contribution in [0, 0.1) is 13.8 Å². The van der Waals surface area contributed by atoms with Crippen LogP contribution < -0.4 is 5.32 Å². The maximum atomic E-state index is 4.79. The molecule has 0 atom stereocenters. The molecule has 0 saturated carbocycles. The number of thiophene rings is 1. The minimum absolute atomic E-state index is 0.645. The molecular formula is C16H24BrN5S. The number of nitrogens with one attached hydrogen (secondary N) is 1. The van der Waals surface area contributed by atoms with Gasteiger partial charge in [0.15, 0.2) is 5.96 Å². The Hall–Kier alpha value is -1.34. The summed E-state index contributed by atoms with van der Waals surface area (Å²) in [7, 11) is 4.04. The second-order valence-electron chi connectivity index (χ2n) is 5.51. The van der Waals surface area contributed by atoms with Gasteiger partial charge in [-0.05, 0) is 48.8 Å². The first kappa shape index (κ1) is 18.0. The Morgan fingerprint density at radius 3 is 2.70 bits per heavy atom. The Morgan fingerprint density at radius 1 is 1.43 bits per heavy atom. The molecular weight excluding hydrogens is 374 g/mol. The van der Waals surface area contributed by atoms with Crippen LogP contribution in [0.3, 0.4) is 0 Å². The van der Waals surface area contributed by atoms with Crippen LogP contribution in [-0.4, -0.2) is 34.2 Å². The summed E-state index contributed by atoms with van der Waals surface area (Å²) >= 11 is 5.27. The molecule has 2 aromatic heterocycles. The second kappa shape index (κ2) is 7.97. The first-order chi connectivity index (χ1) is 10.9. The summed E-state index contributed by atoms with van der Waals surface area (Å²) < 4.78 is 3.07. The maximum absolute atomic E-state index is 4.79. The number of aryl methyl sites for hydroxylation is 2. The third kappa shape index (κ3) is 4.57. The van der Waals surface area contributed by atoms with Crippen molar-refractivity contribution in [2.45, 2.75) is 33.9 Å². The lowest BCUT2D eigenvalue weighted by molar-refractivity contribution is 0.481. The monoisotopic (exact) mass is 397 g/mol. The van der Waals surface area contributed by atoms with E-state index in [1.165, 1.54) is 16.1 Å². The summed E-state index contributed by atoms with van der Waals surface area (Å²) in [6.45, 7) is 8.55. The number of hydrogen-bond donors (Lipinski definition) is 1. The van der Waals surface area contributed by atoms with Gasteiger partial charge in [-0.2, -0.15) is 5.10 Å². The van der Waals surface area contributed by atoms with Crippen molar-refractivity contribution in [3.05, 3.63) is 37.7 Å². The Balaban J connectivity index is 2.12. The standard InChI is InChI=1S/C16H24BrN5S/c1-6-18-16(21(4)10-13-7-8-15(17)23-13)19-9-14-11(2)20-22(5)12(14)3/h7-8H,6,9-10H2,1-5H3,(H,18,19). The van der Waals surface area contributed by atoms with E-state index in [9.17, 15) is 0 Å². The fraction of sp³-hybridized carbons (Fsp3) is 0.500. The van der Waals surface area contributed by atoms with Gasteiger partial charge < -0.3 is 10.2 Å². The van der Waals surface area contributed by atoms with Crippen molar-refractivity contribution in [3.63, 3.8) is 0 Å². The molecule has 0 saturated heterocycles. The highest BCUT2D eigenvalue weighted by molar-refractivity contribution is 9.11. The van der Waals surface area contributed by atoms with E-state index in [1.54, 1.807) is 11.3 Å². The van der Waals surface area contributed by atoms with E-state index >= 15 is 0 Å². The molecule has 0 spiro atoms. The van der Waals surface area contributed by atoms with Gasteiger partial charge in [0, 0.05) is 36.8 Å². The van der Waals surface area contributed by atoms with E-state index in [4.69, 9.17) is 4.99 Å². The van der Waals surface area contributed by atoms with Crippen LogP contribution in [0.2, 0.25) is 0 Å². The Labute approximate surface area is 150 Å². The molecule has 23 heavy (non-hydrogen) atoms. The van der Waals surface area contributed by atoms with Crippen molar-refractivity contribution in [1.29, 1.82) is 0 Å². The van der Waals surface area contributed by atoms with Crippen molar-refractivity contribution >= 4 is 33.2 Å². The number of aliphatic imine (C=N–C) groups is 1. The van der Waals surface area contributed by atoms with Crippen molar-refractivity contribution in [1.82, 2.24) is 20.0 Å². The third-order valence-corrected chi connectivity index (χ3v) is 5.37. The first-order valence-electron chi connectivity index (χ1n) is 7.65. The first-order valence-corrected chi connectivity index (χ1v) is 9.26. The highest BCUT2D eigenvalue weighted by Gasteiger charge is 2.11. The van der Waals surface area contributed by atoms with Gasteiger partial charge >= 0.3 is 0 Å². The molecule has 5 nitrogen and oxygen atoms in total. The van der Waals surface area contributed by atoms with Gasteiger partial charge in [0.05, 0.1) is 22.6 Å². The molecule has 1 N–H and O–H groups in total. The lowest BCUT2D eigenvalue weighted by Gasteiger charge is -2.21. The quantitative estimate of drug-likeness (QED) is 0.620. The Morgan fingerprint density at radius 2 is 2.17 bits per heavy atom. The minimum Gasteiger partial charge on any atom is -0.357 e. The van der Waals surface area contributed by atoms with Crippen LogP contribution in [0.4, 0.5) is 0 Å². The van der Waals surface area contributed by atoms with Crippen LogP contribution in [0.1, 0.15) is 28.8 Å². The van der Waals surface area contributed by atoms with E-state index in [-0.39, 0.29) is 0 Å². The lowest BCUT2D eigenvalue weighted by atomic mass is 10.2. The highest BCUT2D eigenvalue weighted by Crippen LogP contribution is 2.23. The van der Waals surface area contributed by atoms with Crippen LogP contribution >= 0.6 is 27.3 Å². The van der Waals surface area contributed by atoms with Gasteiger partial charge in [-0.1, -0.05) is 0 Å². The molecule has 0 aliphatic carbocycles. The van der Waals surface area contributed by atoms with E-state index in [2.05, 4.69) is 64.3 Å². The van der Waals surface area contributed by atoms with Crippen molar-refractivity contribution in [2.75, 3.05) is 13.6 Å². The third-order valence-electron chi connectivity index (χ3n) is 3.76. The molecule has 0 aliphatic heterocycles. The van der Waals surface area contributed by atoms with E-state index in [1.807, 2.05) is 18.7 Å². The fourth-order valence-electron chi connectivity index (χ4n) is 2.42. The van der Waals surface area contributed by atoms with E-state index in [0.717, 1.165) is 28.5 Å². The number of guanidine groups is 1. The average Bonchev–Trinajstić information content (AvgIpc) is 3.00. The zero-order chi connectivity index (χ0) is 17.0. The molecule has 0 bridgehead atoms. The summed E-state index contributed by atoms with van der Waals surface area (Å²) in [6.07, 6.45) is 0. The van der Waals surface area contributed by atoms with Crippen LogP contribution in [0.5, 0.6) is 0 Å². The lowest BCUT2D eigenvalue weighted by Crippen LogP contribution is -2.38. The molecule has 2 heterocycles. The van der Waals surface area contributed by atoms with Gasteiger partial charge in [-0.15, -0.1) is 11.3 Å². The summed E-state index contributed by atoms with van der Waals surface area (Å²) in [5.41, 5.74) is 3.43. The Kier molecular flexibility index (Phi) is 6.24. The van der Waals surface area contributed by atoms with Crippen molar-refractivity contribution in [2.24, 2.45) is 12.0 Å². The fourth-order valence-corrected chi connectivity index (χ4v) is 3.95. The molecule has 0 fully saturated rings. The minimum atomic E-state index is 0.645. The van der Waals surface area contributed by atoms with Gasteiger partial charge in [-0.25, -0.2) is 4.99 Å². The highest BCUT2D eigenvalue weighted by atomic mass is 79.9. The number of aromatic nitrogens is 2. The molecule has 2 rings (SSSR count). The molecule has 0 amide bonds. The summed E-state index contributed by atoms with van der Waals surface area (Å²) in [5.74, 6) is 0.916. The second-order valence-corrected chi connectivity index (χ2v) is 8.05. The number of hydrogen-bond acceptors (Lipinski definition) is 3. The molecule has 0 aromatic carbocycles. The van der Waals surface area contributed by atoms with Crippen molar-refractivity contribution in [3.8, 4) is 0 Å². The zero-order valence-electron chi connectivity index (χ0n) is 14.4. The molecule has 7 heteroatoms. The van der Waals surface area contributed by atoms with E-state index < -0.39 is 0 Å². The molecule has 0 aliphatic rings.